The molecule has 0 saturated heterocycles. The van der Waals surface area contributed by atoms with E-state index in [0.29, 0.717) is 12.8 Å². The summed E-state index contributed by atoms with van der Waals surface area (Å²) in [6.45, 7) is 3.75. The van der Waals surface area contributed by atoms with Crippen LogP contribution in [0.1, 0.15) is 43.5 Å². The topological polar surface area (TPSA) is 68.3 Å². The van der Waals surface area contributed by atoms with Crippen LogP contribution >= 0.6 is 23.2 Å². The van der Waals surface area contributed by atoms with Crippen LogP contribution in [0.3, 0.4) is 0 Å². The third-order valence-corrected chi connectivity index (χ3v) is 3.79. The van der Waals surface area contributed by atoms with Gasteiger partial charge in [-0.3, -0.25) is 4.79 Å². The van der Waals surface area contributed by atoms with Gasteiger partial charge >= 0.3 is 5.97 Å². The first-order valence-corrected chi connectivity index (χ1v) is 7.48. The minimum Gasteiger partial charge on any atom is -0.461 e. The summed E-state index contributed by atoms with van der Waals surface area (Å²) in [5, 5.41) is 2.96. The SMILES string of the molecule is CCC(C)OC(=O)C1(NC(=O)c2cc(Cl)nc(Cl)c2)CC1. The number of carbonyl (C=O) groups excluding carboxylic acids is 2. The second-order valence-electron chi connectivity index (χ2n) is 5.16. The van der Waals surface area contributed by atoms with E-state index in [1.54, 1.807) is 0 Å². The van der Waals surface area contributed by atoms with Crippen molar-refractivity contribution < 1.29 is 14.3 Å². The normalized spacial score (nSPS) is 17.0. The lowest BCUT2D eigenvalue weighted by Crippen LogP contribution is -2.45. The maximum Gasteiger partial charge on any atom is 0.332 e. The molecular formula is C14H16Cl2N2O3. The van der Waals surface area contributed by atoms with Crippen LogP contribution in [0.15, 0.2) is 12.1 Å². The van der Waals surface area contributed by atoms with Crippen molar-refractivity contribution in [1.82, 2.24) is 10.3 Å². The molecular weight excluding hydrogens is 315 g/mol. The number of hydrogen-bond acceptors (Lipinski definition) is 4. The van der Waals surface area contributed by atoms with E-state index in [2.05, 4.69) is 10.3 Å². The van der Waals surface area contributed by atoms with Gasteiger partial charge in [-0.05, 0) is 38.3 Å². The number of hydrogen-bond donors (Lipinski definition) is 1. The maximum absolute atomic E-state index is 12.2. The minimum absolute atomic E-state index is 0.125. The van der Waals surface area contributed by atoms with E-state index in [-0.39, 0.29) is 22.0 Å². The van der Waals surface area contributed by atoms with Gasteiger partial charge in [0.15, 0.2) is 0 Å². The fourth-order valence-corrected chi connectivity index (χ4v) is 2.23. The Bertz CT molecular complexity index is 553. The molecule has 1 aromatic heterocycles. The van der Waals surface area contributed by atoms with Crippen molar-refractivity contribution in [2.24, 2.45) is 0 Å². The summed E-state index contributed by atoms with van der Waals surface area (Å²) in [5.74, 6) is -0.809. The molecule has 21 heavy (non-hydrogen) atoms. The summed E-state index contributed by atoms with van der Waals surface area (Å²) in [6, 6.07) is 2.80. The van der Waals surface area contributed by atoms with Crippen LogP contribution in [-0.4, -0.2) is 28.5 Å². The van der Waals surface area contributed by atoms with Crippen molar-refractivity contribution in [1.29, 1.82) is 0 Å². The van der Waals surface area contributed by atoms with Gasteiger partial charge in [-0.25, -0.2) is 9.78 Å². The molecule has 0 bridgehead atoms. The van der Waals surface area contributed by atoms with Gasteiger partial charge in [-0.1, -0.05) is 30.1 Å². The number of aromatic nitrogens is 1. The number of ether oxygens (including phenoxy) is 1. The van der Waals surface area contributed by atoms with Crippen LogP contribution in [0.25, 0.3) is 0 Å². The Balaban J connectivity index is 2.06. The van der Waals surface area contributed by atoms with Gasteiger partial charge < -0.3 is 10.1 Å². The second-order valence-corrected chi connectivity index (χ2v) is 5.94. The van der Waals surface area contributed by atoms with E-state index in [0.717, 1.165) is 6.42 Å². The lowest BCUT2D eigenvalue weighted by Gasteiger charge is -2.19. The van der Waals surface area contributed by atoms with E-state index < -0.39 is 17.4 Å². The molecule has 7 heteroatoms. The molecule has 1 saturated carbocycles. The Morgan fingerprint density at radius 1 is 1.38 bits per heavy atom. The summed E-state index contributed by atoms with van der Waals surface area (Å²) in [5.41, 5.74) is -0.648. The molecule has 0 aromatic carbocycles. The van der Waals surface area contributed by atoms with Crippen molar-refractivity contribution in [2.75, 3.05) is 0 Å². The van der Waals surface area contributed by atoms with Crippen LogP contribution in [0.2, 0.25) is 10.3 Å². The fourth-order valence-electron chi connectivity index (χ4n) is 1.77. The smallest absolute Gasteiger partial charge is 0.332 e. The third kappa shape index (κ3) is 3.86. The molecule has 1 N–H and O–H groups in total. The molecule has 1 atom stereocenters. The monoisotopic (exact) mass is 330 g/mol. The number of amides is 1. The minimum atomic E-state index is -0.914. The van der Waals surface area contributed by atoms with Gasteiger partial charge in [0.25, 0.3) is 5.91 Å². The van der Waals surface area contributed by atoms with E-state index in [1.807, 2.05) is 13.8 Å². The van der Waals surface area contributed by atoms with Crippen LogP contribution in [0.4, 0.5) is 0 Å². The number of nitrogens with zero attached hydrogens (tertiary/aromatic N) is 1. The highest BCUT2D eigenvalue weighted by Gasteiger charge is 2.53. The molecule has 0 spiro atoms. The zero-order valence-corrected chi connectivity index (χ0v) is 13.3. The molecule has 1 aliphatic rings. The van der Waals surface area contributed by atoms with Crippen LogP contribution in [0.5, 0.6) is 0 Å². The van der Waals surface area contributed by atoms with Gasteiger partial charge in [-0.15, -0.1) is 0 Å². The molecule has 1 aromatic rings. The van der Waals surface area contributed by atoms with Gasteiger partial charge in [0.1, 0.15) is 15.8 Å². The van der Waals surface area contributed by atoms with Crippen molar-refractivity contribution in [3.8, 4) is 0 Å². The van der Waals surface area contributed by atoms with Crippen molar-refractivity contribution in [3.63, 3.8) is 0 Å². The van der Waals surface area contributed by atoms with E-state index in [9.17, 15) is 9.59 Å². The number of pyridine rings is 1. The molecule has 1 heterocycles. The number of nitrogens with one attached hydrogen (secondary N) is 1. The zero-order chi connectivity index (χ0) is 15.6. The predicted molar refractivity (Wildman–Crippen MR) is 79.5 cm³/mol. The summed E-state index contributed by atoms with van der Waals surface area (Å²) in [4.78, 5) is 28.1. The molecule has 0 aliphatic heterocycles. The van der Waals surface area contributed by atoms with Gasteiger partial charge in [0.05, 0.1) is 6.10 Å². The highest BCUT2D eigenvalue weighted by molar-refractivity contribution is 6.33. The summed E-state index contributed by atoms with van der Waals surface area (Å²) < 4.78 is 5.29. The number of carbonyl (C=O) groups is 2. The first-order chi connectivity index (χ1) is 9.86. The quantitative estimate of drug-likeness (QED) is 0.665. The molecule has 1 fully saturated rings. The Morgan fingerprint density at radius 3 is 2.43 bits per heavy atom. The first kappa shape index (κ1) is 16.0. The largest absolute Gasteiger partial charge is 0.461 e. The van der Waals surface area contributed by atoms with E-state index in [4.69, 9.17) is 27.9 Å². The molecule has 1 unspecified atom stereocenters. The molecule has 1 aliphatic carbocycles. The average Bonchev–Trinajstić information content (AvgIpc) is 3.18. The average molecular weight is 331 g/mol. The Hall–Kier alpha value is -1.33. The summed E-state index contributed by atoms with van der Waals surface area (Å²) in [6.07, 6.45) is 1.70. The first-order valence-electron chi connectivity index (χ1n) is 6.73. The molecule has 1 amide bonds. The van der Waals surface area contributed by atoms with E-state index >= 15 is 0 Å². The van der Waals surface area contributed by atoms with Gasteiger partial charge in [0.2, 0.25) is 0 Å². The maximum atomic E-state index is 12.2. The van der Waals surface area contributed by atoms with E-state index in [1.165, 1.54) is 12.1 Å². The zero-order valence-electron chi connectivity index (χ0n) is 11.8. The Kier molecular flexibility index (Phi) is 4.74. The van der Waals surface area contributed by atoms with Crippen molar-refractivity contribution in [3.05, 3.63) is 28.0 Å². The van der Waals surface area contributed by atoms with Crippen LogP contribution in [-0.2, 0) is 9.53 Å². The molecule has 5 nitrogen and oxygen atoms in total. The number of halogens is 2. The van der Waals surface area contributed by atoms with Crippen LogP contribution in [0, 0.1) is 0 Å². The van der Waals surface area contributed by atoms with Gasteiger partial charge in [0, 0.05) is 5.56 Å². The van der Waals surface area contributed by atoms with Crippen molar-refractivity contribution >= 4 is 35.1 Å². The third-order valence-electron chi connectivity index (χ3n) is 3.40. The highest BCUT2D eigenvalue weighted by Crippen LogP contribution is 2.37. The summed E-state index contributed by atoms with van der Waals surface area (Å²) >= 11 is 11.5. The van der Waals surface area contributed by atoms with Gasteiger partial charge in [-0.2, -0.15) is 0 Å². The fraction of sp³-hybridized carbons (Fsp3) is 0.500. The van der Waals surface area contributed by atoms with Crippen LogP contribution < -0.4 is 5.32 Å². The number of esters is 1. The summed E-state index contributed by atoms with van der Waals surface area (Å²) in [7, 11) is 0. The second kappa shape index (κ2) is 6.20. The lowest BCUT2D eigenvalue weighted by molar-refractivity contribution is -0.152. The highest BCUT2D eigenvalue weighted by atomic mass is 35.5. The Labute approximate surface area is 133 Å². The predicted octanol–water partition coefficient (Wildman–Crippen LogP) is 2.99. The molecule has 2 rings (SSSR count). The Morgan fingerprint density at radius 2 is 1.95 bits per heavy atom. The van der Waals surface area contributed by atoms with Crippen molar-refractivity contribution in [2.45, 2.75) is 44.8 Å². The number of rotatable bonds is 5. The standard InChI is InChI=1S/C14H16Cl2N2O3/c1-3-8(2)21-13(20)14(4-5-14)18-12(19)9-6-10(15)17-11(16)7-9/h6-8H,3-5H2,1-2H3,(H,18,19). The molecule has 0 radical (unpaired) electrons. The lowest BCUT2D eigenvalue weighted by atomic mass is 10.2. The molecule has 114 valence electrons.